The van der Waals surface area contributed by atoms with Crippen LogP contribution in [0.4, 0.5) is 0 Å². The van der Waals surface area contributed by atoms with Gasteiger partial charge in [-0.3, -0.25) is 0 Å². The van der Waals surface area contributed by atoms with Crippen LogP contribution in [0.1, 0.15) is 9.94 Å². The molecule has 0 aliphatic heterocycles. The third-order valence-corrected chi connectivity index (χ3v) is 4.38. The van der Waals surface area contributed by atoms with E-state index in [1.54, 1.807) is 12.4 Å². The van der Waals surface area contributed by atoms with Crippen molar-refractivity contribution in [2.24, 2.45) is 0 Å². The zero-order valence-corrected chi connectivity index (χ0v) is 19.3. The van der Waals surface area contributed by atoms with Gasteiger partial charge in [0, 0.05) is 54.6 Å². The average molecular weight is 596 g/mol. The Morgan fingerprint density at radius 3 is 1.91 bits per heavy atom. The van der Waals surface area contributed by atoms with Crippen LogP contribution < -0.4 is 0 Å². The molecule has 2 aromatic carbocycles. The molecule has 159 valence electrons. The van der Waals surface area contributed by atoms with Crippen molar-refractivity contribution in [2.75, 3.05) is 0 Å². The summed E-state index contributed by atoms with van der Waals surface area (Å²) in [7, 11) is 0. The molecule has 4 nitrogen and oxygen atoms in total. The summed E-state index contributed by atoms with van der Waals surface area (Å²) in [5.41, 5.74) is 5.31. The summed E-state index contributed by atoms with van der Waals surface area (Å²) in [5, 5.41) is 0. The van der Waals surface area contributed by atoms with Gasteiger partial charge in [0.2, 0.25) is 0 Å². The van der Waals surface area contributed by atoms with Crippen LogP contribution in [-0.2, 0) is 20.1 Å². The van der Waals surface area contributed by atoms with Crippen LogP contribution in [0, 0.1) is 19.0 Å². The van der Waals surface area contributed by atoms with Gasteiger partial charge in [0.05, 0.1) is 0 Å². The number of aromatic nitrogens is 4. The van der Waals surface area contributed by atoms with Crippen molar-refractivity contribution >= 4 is 0 Å². The first-order chi connectivity index (χ1) is 16.5. The number of pyridine rings is 2. The number of nitrogens with zero attached hydrogens (tertiary/aromatic N) is 4. The van der Waals surface area contributed by atoms with Crippen LogP contribution in [0.15, 0.2) is 104 Å². The van der Waals surface area contributed by atoms with Gasteiger partial charge in [0.25, 0.3) is 0 Å². The van der Waals surface area contributed by atoms with Gasteiger partial charge in [-0.25, -0.2) is 9.97 Å². The Kier molecular flexibility index (Phi) is 7.04. The van der Waals surface area contributed by atoms with Gasteiger partial charge >= 0.3 is 0 Å². The fourth-order valence-electron chi connectivity index (χ4n) is 2.86. The van der Waals surface area contributed by atoms with Crippen LogP contribution in [-0.4, -0.2) is 19.9 Å². The summed E-state index contributed by atoms with van der Waals surface area (Å²) >= 11 is 0. The van der Waals surface area contributed by atoms with E-state index in [2.05, 4.69) is 32.1 Å². The van der Waals surface area contributed by atoms with Gasteiger partial charge in [-0.15, -0.1) is 71.8 Å². The molecule has 5 aromatic rings. The van der Waals surface area contributed by atoms with Gasteiger partial charge in [-0.2, -0.15) is 0 Å². The van der Waals surface area contributed by atoms with E-state index in [9.17, 15) is 0 Å². The molecule has 32 heavy (non-hydrogen) atoms. The normalized spacial score (nSPS) is 11.6. The maximum atomic E-state index is 7.29. The maximum absolute atomic E-state index is 7.29. The molecule has 5 heteroatoms. The molecule has 0 N–H and O–H groups in total. The van der Waals surface area contributed by atoms with Gasteiger partial charge < -0.3 is 9.97 Å². The van der Waals surface area contributed by atoms with E-state index in [-0.39, 0.29) is 25.9 Å². The molecule has 0 unspecified atom stereocenters. The number of rotatable bonds is 3. The predicted molar refractivity (Wildman–Crippen MR) is 123 cm³/mol. The van der Waals surface area contributed by atoms with Crippen molar-refractivity contribution < 1.29 is 24.2 Å². The van der Waals surface area contributed by atoms with Crippen LogP contribution >= 0.6 is 0 Å². The second kappa shape index (κ2) is 11.8. The fraction of sp³-hybridized carbons (Fsp3) is 0.0370. The van der Waals surface area contributed by atoms with Crippen LogP contribution in [0.2, 0.25) is 0 Å². The maximum Gasteiger partial charge on any atom is 0.125 e. The van der Waals surface area contributed by atoms with Crippen LogP contribution in [0.25, 0.3) is 33.6 Å². The van der Waals surface area contributed by atoms with Crippen molar-refractivity contribution in [3.63, 3.8) is 0 Å². The van der Waals surface area contributed by atoms with Crippen molar-refractivity contribution in [1.82, 2.24) is 19.9 Å². The Hall–Kier alpha value is -3.53. The molecular formula is C27H20IrN4-2. The number of benzene rings is 2. The van der Waals surface area contributed by atoms with Crippen molar-refractivity contribution in [3.05, 3.63) is 122 Å². The van der Waals surface area contributed by atoms with Gasteiger partial charge in [-0.1, -0.05) is 18.2 Å². The Bertz CT molecular complexity index is 1280. The van der Waals surface area contributed by atoms with E-state index in [4.69, 9.17) is 4.11 Å². The molecule has 0 spiro atoms. The molecule has 3 heterocycles. The van der Waals surface area contributed by atoms with Crippen molar-refractivity contribution in [3.8, 4) is 33.6 Å². The number of aryl methyl sites for hydroxylation is 1. The largest absolute Gasteiger partial charge is 0.305 e. The minimum absolute atomic E-state index is 0. The minimum Gasteiger partial charge on any atom is -0.305 e. The minimum atomic E-state index is -2.29. The second-order valence-corrected chi connectivity index (χ2v) is 6.49. The molecule has 0 saturated carbocycles. The van der Waals surface area contributed by atoms with E-state index in [0.717, 1.165) is 33.6 Å². The molecule has 0 bridgehead atoms. The number of hydrogen-bond acceptors (Lipinski definition) is 4. The molecule has 0 amide bonds. The monoisotopic (exact) mass is 596 g/mol. The number of hydrogen-bond donors (Lipinski definition) is 0. The van der Waals surface area contributed by atoms with E-state index in [1.807, 2.05) is 78.9 Å². The molecule has 5 rings (SSSR count). The Morgan fingerprint density at radius 2 is 1.31 bits per heavy atom. The van der Waals surface area contributed by atoms with Gasteiger partial charge in [-0.05, 0) is 35.9 Å². The summed E-state index contributed by atoms with van der Waals surface area (Å²) in [6, 6.07) is 31.3. The third-order valence-electron chi connectivity index (χ3n) is 4.38. The molecule has 0 saturated heterocycles. The van der Waals surface area contributed by atoms with E-state index < -0.39 is 6.85 Å². The smallest absolute Gasteiger partial charge is 0.125 e. The third kappa shape index (κ3) is 6.24. The standard InChI is InChI=1S/C16H12N3.C11H8N.Ir/c1-12-18-10-15(11-19-12)14-7-8-17-16(9-14)13-5-3-2-4-6-13;1-2-6-10(7-3-1)11-8-4-5-9-12-11;/h2-5,7-11H,1H3;1-6,8-9H;/q2*-1;/i1D3;;. The Balaban J connectivity index is 0.000000223. The quantitative estimate of drug-likeness (QED) is 0.245. The molecule has 0 aliphatic carbocycles. The summed E-state index contributed by atoms with van der Waals surface area (Å²) in [6.45, 7) is -2.29. The van der Waals surface area contributed by atoms with Crippen LogP contribution in [0.3, 0.4) is 0 Å². The average Bonchev–Trinajstić information content (AvgIpc) is 2.90. The van der Waals surface area contributed by atoms with Crippen molar-refractivity contribution in [2.45, 2.75) is 6.85 Å². The molecule has 0 fully saturated rings. The second-order valence-electron chi connectivity index (χ2n) is 6.49. The summed E-state index contributed by atoms with van der Waals surface area (Å²) < 4.78 is 21.9. The fourth-order valence-corrected chi connectivity index (χ4v) is 2.86. The zero-order chi connectivity index (χ0) is 23.8. The zero-order valence-electron chi connectivity index (χ0n) is 19.9. The Labute approximate surface area is 206 Å². The summed E-state index contributed by atoms with van der Waals surface area (Å²) in [4.78, 5) is 16.4. The first-order valence-corrected chi connectivity index (χ1v) is 9.65. The van der Waals surface area contributed by atoms with E-state index in [0.29, 0.717) is 0 Å². The molecular weight excluding hydrogens is 573 g/mol. The Morgan fingerprint density at radius 1 is 0.656 bits per heavy atom. The van der Waals surface area contributed by atoms with Gasteiger partial charge in [0.1, 0.15) is 5.82 Å². The first kappa shape index (κ1) is 19.2. The molecule has 1 radical (unpaired) electrons. The SMILES string of the molecule is [2H]C([2H])([2H])c1ncc(-c2ccnc(-c3[c-]cccc3)c2)cn1.[Ir].[c-]1ccccc1-c1ccccn1. The summed E-state index contributed by atoms with van der Waals surface area (Å²) in [5.74, 6) is -0.151. The van der Waals surface area contributed by atoms with E-state index in [1.165, 1.54) is 12.4 Å². The summed E-state index contributed by atoms with van der Waals surface area (Å²) in [6.07, 6.45) is 6.52. The molecule has 0 aliphatic rings. The van der Waals surface area contributed by atoms with E-state index >= 15 is 0 Å². The predicted octanol–water partition coefficient (Wildman–Crippen LogP) is 5.86. The van der Waals surface area contributed by atoms with Crippen LogP contribution in [0.5, 0.6) is 0 Å². The topological polar surface area (TPSA) is 51.6 Å². The van der Waals surface area contributed by atoms with Gasteiger partial charge in [0.15, 0.2) is 0 Å². The molecule has 3 aromatic heterocycles. The first-order valence-electron chi connectivity index (χ1n) is 11.1. The molecule has 0 atom stereocenters. The van der Waals surface area contributed by atoms with Crippen molar-refractivity contribution in [1.29, 1.82) is 0 Å².